The normalized spacial score (nSPS) is 10.8. The van der Waals surface area contributed by atoms with Crippen LogP contribution in [0, 0.1) is 0 Å². The Morgan fingerprint density at radius 2 is 1.88 bits per heavy atom. The summed E-state index contributed by atoms with van der Waals surface area (Å²) in [6, 6.07) is 0. The van der Waals surface area contributed by atoms with Gasteiger partial charge in [0.1, 0.15) is 0 Å². The summed E-state index contributed by atoms with van der Waals surface area (Å²) in [5.41, 5.74) is 0.0752. The van der Waals surface area contributed by atoms with E-state index in [0.717, 1.165) is 0 Å². The van der Waals surface area contributed by atoms with Crippen molar-refractivity contribution in [3.63, 3.8) is 0 Å². The van der Waals surface area contributed by atoms with Gasteiger partial charge in [0.2, 0.25) is 0 Å². The molecule has 7 heteroatoms. The summed E-state index contributed by atoms with van der Waals surface area (Å²) in [5, 5.41) is 0. The average Bonchev–Trinajstić information content (AvgIpc) is 2.01. The van der Waals surface area contributed by atoms with Gasteiger partial charge in [-0.2, -0.15) is 8.42 Å². The quantitative estimate of drug-likeness (QED) is 0.472. The number of hydrogen-bond donors (Lipinski definition) is 0. The van der Waals surface area contributed by atoms with Gasteiger partial charge < -0.3 is 14.6 Å². The molecule has 0 atom stereocenters. The third kappa shape index (κ3) is 8.39. The van der Waals surface area contributed by atoms with Crippen molar-refractivity contribution in [2.24, 2.45) is 0 Å². The molecule has 2 N–H and O–H groups in total. The zero-order valence-electron chi connectivity index (χ0n) is 9.82. The molecule has 0 aromatic carbocycles. The van der Waals surface area contributed by atoms with Crippen LogP contribution in [0.1, 0.15) is 13.3 Å². The zero-order chi connectivity index (χ0) is 12.1. The smallest absolute Gasteiger partial charge is 0.348 e. The monoisotopic (exact) mass is 253 g/mol. The van der Waals surface area contributed by atoms with Gasteiger partial charge in [-0.3, -0.25) is 0 Å². The second-order valence-electron chi connectivity index (χ2n) is 3.57. The topological polar surface area (TPSA) is 95.2 Å². The van der Waals surface area contributed by atoms with Gasteiger partial charge in [0.25, 0.3) is 0 Å². The number of nitrogens with zero attached hydrogens (tertiary/aromatic N) is 1. The number of carbonyl (C=O) groups excluding carboxylic acids is 1. The zero-order valence-corrected chi connectivity index (χ0v) is 10.6. The predicted molar refractivity (Wildman–Crippen MR) is 61.5 cm³/mol. The molecule has 0 aliphatic rings. The van der Waals surface area contributed by atoms with Crippen LogP contribution >= 0.6 is 0 Å². The number of hydrogen-bond acceptors (Lipinski definition) is 5. The van der Waals surface area contributed by atoms with E-state index < -0.39 is 16.1 Å². The highest BCUT2D eigenvalue weighted by Crippen LogP contribution is 2.02. The molecule has 0 aromatic rings. The Bertz CT molecular complexity index is 334. The first-order valence-electron chi connectivity index (χ1n) is 4.51. The maximum atomic E-state index is 11.2. The number of rotatable bonds is 6. The molecular weight excluding hydrogens is 234 g/mol. The molecule has 6 nitrogen and oxygen atoms in total. The maximum absolute atomic E-state index is 11.2. The van der Waals surface area contributed by atoms with Crippen LogP contribution < -0.4 is 0 Å². The first kappa shape index (κ1) is 17.5. The highest BCUT2D eigenvalue weighted by Gasteiger charge is 2.17. The third-order valence-electron chi connectivity index (χ3n) is 1.55. The van der Waals surface area contributed by atoms with E-state index in [1.54, 1.807) is 0 Å². The molecule has 0 aliphatic heterocycles. The van der Waals surface area contributed by atoms with Gasteiger partial charge in [-0.05, 0) is 34.0 Å². The van der Waals surface area contributed by atoms with Crippen LogP contribution in [0.2, 0.25) is 0 Å². The lowest BCUT2D eigenvalue weighted by molar-refractivity contribution is -0.129. The maximum Gasteiger partial charge on any atom is 0.348 e. The fourth-order valence-electron chi connectivity index (χ4n) is 0.786. The Morgan fingerprint density at radius 3 is 2.25 bits per heavy atom. The molecule has 0 saturated heterocycles. The summed E-state index contributed by atoms with van der Waals surface area (Å²) >= 11 is 0. The third-order valence-corrected chi connectivity index (χ3v) is 2.74. The van der Waals surface area contributed by atoms with Crippen LogP contribution in [-0.2, 0) is 19.1 Å². The Hall–Kier alpha value is -0.920. The van der Waals surface area contributed by atoms with Crippen LogP contribution in [0.25, 0.3) is 0 Å². The van der Waals surface area contributed by atoms with Crippen LogP contribution in [0.15, 0.2) is 12.2 Å². The van der Waals surface area contributed by atoms with E-state index in [0.29, 0.717) is 13.0 Å². The Morgan fingerprint density at radius 1 is 1.38 bits per heavy atom. The van der Waals surface area contributed by atoms with Crippen molar-refractivity contribution in [2.45, 2.75) is 13.3 Å². The van der Waals surface area contributed by atoms with Crippen LogP contribution in [0.3, 0.4) is 0 Å². The van der Waals surface area contributed by atoms with Gasteiger partial charge in [-0.15, -0.1) is 0 Å². The lowest BCUT2D eigenvalue weighted by Crippen LogP contribution is -2.20. The van der Waals surface area contributed by atoms with Crippen molar-refractivity contribution >= 4 is 16.1 Å². The SMILES string of the molecule is C=C(C)C(=O)OS(=O)(=O)CCCN(C)C.O. The minimum Gasteiger partial charge on any atom is -0.412 e. The van der Waals surface area contributed by atoms with Crippen LogP contribution in [0.4, 0.5) is 0 Å². The molecule has 0 radical (unpaired) electrons. The summed E-state index contributed by atoms with van der Waals surface area (Å²) < 4.78 is 26.7. The highest BCUT2D eigenvalue weighted by molar-refractivity contribution is 7.87. The molecule has 0 spiro atoms. The Kier molecular flexibility index (Phi) is 8.05. The van der Waals surface area contributed by atoms with Gasteiger partial charge in [-0.25, -0.2) is 4.79 Å². The van der Waals surface area contributed by atoms with E-state index in [2.05, 4.69) is 10.8 Å². The van der Waals surface area contributed by atoms with Crippen LogP contribution in [-0.4, -0.2) is 51.2 Å². The van der Waals surface area contributed by atoms with Crippen molar-refractivity contribution in [3.8, 4) is 0 Å². The summed E-state index contributed by atoms with van der Waals surface area (Å²) in [5.74, 6) is -1.05. The van der Waals surface area contributed by atoms with Crippen molar-refractivity contribution < 1.29 is 22.9 Å². The fourth-order valence-corrected chi connectivity index (χ4v) is 1.72. The van der Waals surface area contributed by atoms with E-state index in [-0.39, 0.29) is 16.8 Å². The molecule has 0 bridgehead atoms. The molecular formula is C9H19NO5S. The van der Waals surface area contributed by atoms with Crippen molar-refractivity contribution in [1.82, 2.24) is 4.90 Å². The first-order valence-corrected chi connectivity index (χ1v) is 6.09. The van der Waals surface area contributed by atoms with Crippen molar-refractivity contribution in [3.05, 3.63) is 12.2 Å². The van der Waals surface area contributed by atoms with Crippen LogP contribution in [0.5, 0.6) is 0 Å². The second-order valence-corrected chi connectivity index (χ2v) is 5.26. The summed E-state index contributed by atoms with van der Waals surface area (Å²) in [6.45, 7) is 5.33. The Balaban J connectivity index is 0. The lowest BCUT2D eigenvalue weighted by Gasteiger charge is -2.09. The first-order chi connectivity index (χ1) is 6.74. The number of carbonyl (C=O) groups is 1. The van der Waals surface area contributed by atoms with Crippen molar-refractivity contribution in [2.75, 3.05) is 26.4 Å². The van der Waals surface area contributed by atoms with E-state index in [1.165, 1.54) is 6.92 Å². The molecule has 0 amide bonds. The largest absolute Gasteiger partial charge is 0.412 e. The summed E-state index contributed by atoms with van der Waals surface area (Å²) in [6.07, 6.45) is 0.429. The van der Waals surface area contributed by atoms with Gasteiger partial charge >= 0.3 is 16.1 Å². The standard InChI is InChI=1S/C9H17NO4S.H2O/c1-8(2)9(11)14-15(12,13)7-5-6-10(3)4;/h1,5-7H2,2-4H3;1H2. The molecule has 96 valence electrons. The summed E-state index contributed by atoms with van der Waals surface area (Å²) in [4.78, 5) is 12.8. The molecule has 0 saturated carbocycles. The lowest BCUT2D eigenvalue weighted by atomic mass is 10.4. The molecule has 16 heavy (non-hydrogen) atoms. The molecule has 0 fully saturated rings. The van der Waals surface area contributed by atoms with Gasteiger partial charge in [-0.1, -0.05) is 6.58 Å². The molecule has 0 aromatic heterocycles. The van der Waals surface area contributed by atoms with E-state index >= 15 is 0 Å². The molecule has 0 aliphatic carbocycles. The minimum atomic E-state index is -3.76. The van der Waals surface area contributed by atoms with E-state index in [1.807, 2.05) is 19.0 Å². The minimum absolute atomic E-state index is 0. The molecule has 0 heterocycles. The van der Waals surface area contributed by atoms with E-state index in [9.17, 15) is 13.2 Å². The highest BCUT2D eigenvalue weighted by atomic mass is 32.2. The second kappa shape index (κ2) is 7.37. The predicted octanol–water partition coefficient (Wildman–Crippen LogP) is -0.438. The summed E-state index contributed by atoms with van der Waals surface area (Å²) in [7, 11) is -0.0789. The van der Waals surface area contributed by atoms with Crippen molar-refractivity contribution in [1.29, 1.82) is 0 Å². The van der Waals surface area contributed by atoms with Gasteiger partial charge in [0.05, 0.1) is 5.75 Å². The molecule has 0 unspecified atom stereocenters. The van der Waals surface area contributed by atoms with Gasteiger partial charge in [0, 0.05) is 5.57 Å². The average molecular weight is 253 g/mol. The molecule has 0 rings (SSSR count). The Labute approximate surface area is 96.3 Å². The van der Waals surface area contributed by atoms with Gasteiger partial charge in [0.15, 0.2) is 0 Å². The fraction of sp³-hybridized carbons (Fsp3) is 0.667. The van der Waals surface area contributed by atoms with E-state index in [4.69, 9.17) is 0 Å².